The lowest BCUT2D eigenvalue weighted by molar-refractivity contribution is -0.132. The van der Waals surface area contributed by atoms with Crippen molar-refractivity contribution in [2.75, 3.05) is 5.73 Å². The number of carbonyl (C=O) groups is 1. The number of aromatic hydroxyl groups is 1. The van der Waals surface area contributed by atoms with Crippen LogP contribution in [0.15, 0.2) is 0 Å². The van der Waals surface area contributed by atoms with Gasteiger partial charge in [-0.05, 0) is 17.8 Å². The first-order valence-electron chi connectivity index (χ1n) is 7.12. The summed E-state index contributed by atoms with van der Waals surface area (Å²) < 4.78 is 5.52. The second-order valence-electron chi connectivity index (χ2n) is 7.56. The molecule has 4 nitrogen and oxygen atoms in total. The number of hydrogen-bond acceptors (Lipinski definition) is 4. The average molecular weight is 293 g/mol. The number of carbonyl (C=O) groups excluding carboxylic acids is 1. The maximum atomic E-state index is 11.6. The van der Waals surface area contributed by atoms with Crippen molar-refractivity contribution in [2.24, 2.45) is 0 Å². The molecule has 0 aliphatic rings. The number of benzene rings is 1. The highest BCUT2D eigenvalue weighted by molar-refractivity contribution is 5.77. The van der Waals surface area contributed by atoms with E-state index < -0.39 is 5.97 Å². The fraction of sp³-hybridized carbons (Fsp3) is 0.588. The normalized spacial score (nSPS) is 12.4. The number of ether oxygens (including phenoxy) is 1. The van der Waals surface area contributed by atoms with E-state index in [9.17, 15) is 9.90 Å². The first-order chi connectivity index (χ1) is 9.28. The number of rotatable bonds is 1. The van der Waals surface area contributed by atoms with E-state index in [-0.39, 0.29) is 22.3 Å². The van der Waals surface area contributed by atoms with Crippen LogP contribution in [0.2, 0.25) is 0 Å². The summed E-state index contributed by atoms with van der Waals surface area (Å²) >= 11 is 0. The Kier molecular flexibility index (Phi) is 4.33. The van der Waals surface area contributed by atoms with Crippen molar-refractivity contribution in [2.45, 2.75) is 66.2 Å². The SMILES string of the molecule is CC(=O)Oc1c(C(C)(C)C)c(C)c(O)c(N)c1C(C)(C)C. The maximum Gasteiger partial charge on any atom is 0.308 e. The Morgan fingerprint density at radius 2 is 1.48 bits per heavy atom. The van der Waals surface area contributed by atoms with Gasteiger partial charge in [0, 0.05) is 23.6 Å². The van der Waals surface area contributed by atoms with Crippen molar-refractivity contribution in [3.63, 3.8) is 0 Å². The molecule has 0 aliphatic carbocycles. The minimum absolute atomic E-state index is 0.0701. The van der Waals surface area contributed by atoms with Gasteiger partial charge >= 0.3 is 5.97 Å². The second-order valence-corrected chi connectivity index (χ2v) is 7.56. The lowest BCUT2D eigenvalue weighted by atomic mass is 9.76. The third kappa shape index (κ3) is 3.31. The highest BCUT2D eigenvalue weighted by Crippen LogP contribution is 2.49. The van der Waals surface area contributed by atoms with Crippen molar-refractivity contribution in [3.05, 3.63) is 16.7 Å². The Balaban J connectivity index is 3.95. The van der Waals surface area contributed by atoms with E-state index in [0.29, 0.717) is 16.9 Å². The molecule has 0 saturated carbocycles. The number of esters is 1. The molecule has 3 N–H and O–H groups in total. The van der Waals surface area contributed by atoms with Gasteiger partial charge in [0.1, 0.15) is 11.5 Å². The highest BCUT2D eigenvalue weighted by Gasteiger charge is 2.33. The van der Waals surface area contributed by atoms with Crippen LogP contribution in [0.5, 0.6) is 11.5 Å². The van der Waals surface area contributed by atoms with Crippen molar-refractivity contribution < 1.29 is 14.6 Å². The van der Waals surface area contributed by atoms with E-state index >= 15 is 0 Å². The zero-order valence-corrected chi connectivity index (χ0v) is 14.3. The summed E-state index contributed by atoms with van der Waals surface area (Å²) in [5.74, 6) is 0.159. The molecule has 118 valence electrons. The van der Waals surface area contributed by atoms with Crippen LogP contribution < -0.4 is 10.5 Å². The summed E-state index contributed by atoms with van der Waals surface area (Å²) in [6.07, 6.45) is 0. The number of phenols is 1. The molecule has 0 atom stereocenters. The second kappa shape index (κ2) is 5.24. The molecule has 0 saturated heterocycles. The van der Waals surface area contributed by atoms with Crippen LogP contribution in [0.4, 0.5) is 5.69 Å². The molecular formula is C17H27NO3. The van der Waals surface area contributed by atoms with Gasteiger partial charge in [0.2, 0.25) is 0 Å². The quantitative estimate of drug-likeness (QED) is 0.357. The molecule has 0 unspecified atom stereocenters. The van der Waals surface area contributed by atoms with Gasteiger partial charge in [0.05, 0.1) is 5.69 Å². The van der Waals surface area contributed by atoms with Crippen LogP contribution in [-0.4, -0.2) is 11.1 Å². The molecule has 0 fully saturated rings. The zero-order valence-electron chi connectivity index (χ0n) is 14.3. The first kappa shape index (κ1) is 17.3. The molecule has 0 radical (unpaired) electrons. The number of anilines is 1. The van der Waals surface area contributed by atoms with E-state index in [1.54, 1.807) is 6.92 Å². The molecule has 21 heavy (non-hydrogen) atoms. The summed E-state index contributed by atoms with van der Waals surface area (Å²) in [4.78, 5) is 11.6. The van der Waals surface area contributed by atoms with E-state index in [4.69, 9.17) is 10.5 Å². The molecule has 0 aliphatic heterocycles. The van der Waals surface area contributed by atoms with Gasteiger partial charge in [0.25, 0.3) is 0 Å². The van der Waals surface area contributed by atoms with Gasteiger partial charge in [-0.3, -0.25) is 4.79 Å². The third-order valence-electron chi connectivity index (χ3n) is 3.45. The predicted octanol–water partition coefficient (Wildman–Crippen LogP) is 3.80. The van der Waals surface area contributed by atoms with Gasteiger partial charge in [0.15, 0.2) is 0 Å². The summed E-state index contributed by atoms with van der Waals surface area (Å²) in [7, 11) is 0. The van der Waals surface area contributed by atoms with Crippen LogP contribution in [0.3, 0.4) is 0 Å². The number of nitrogen functional groups attached to an aromatic ring is 1. The van der Waals surface area contributed by atoms with Crippen LogP contribution >= 0.6 is 0 Å². The van der Waals surface area contributed by atoms with E-state index in [2.05, 4.69) is 0 Å². The average Bonchev–Trinajstić information content (AvgIpc) is 2.21. The van der Waals surface area contributed by atoms with Crippen molar-refractivity contribution in [1.82, 2.24) is 0 Å². The number of hydrogen-bond donors (Lipinski definition) is 2. The molecule has 1 aromatic carbocycles. The minimum atomic E-state index is -0.393. The Bertz CT molecular complexity index is 534. The standard InChI is InChI=1S/C17H27NO3/c1-9-11(16(3,4)5)15(21-10(2)19)12(17(6,7)8)13(18)14(9)20/h20H,18H2,1-8H3. The van der Waals surface area contributed by atoms with Gasteiger partial charge in [-0.25, -0.2) is 0 Å². The van der Waals surface area contributed by atoms with Gasteiger partial charge in [-0.2, -0.15) is 0 Å². The highest BCUT2D eigenvalue weighted by atomic mass is 16.5. The summed E-state index contributed by atoms with van der Waals surface area (Å²) in [6, 6.07) is 0. The fourth-order valence-electron chi connectivity index (χ4n) is 2.75. The van der Waals surface area contributed by atoms with Crippen molar-refractivity contribution in [1.29, 1.82) is 0 Å². The van der Waals surface area contributed by atoms with Crippen LogP contribution in [0.1, 0.15) is 65.2 Å². The lowest BCUT2D eigenvalue weighted by Crippen LogP contribution is -2.23. The van der Waals surface area contributed by atoms with Crippen molar-refractivity contribution in [3.8, 4) is 11.5 Å². The van der Waals surface area contributed by atoms with Crippen molar-refractivity contribution >= 4 is 11.7 Å². The third-order valence-corrected chi connectivity index (χ3v) is 3.45. The monoisotopic (exact) mass is 293 g/mol. The molecule has 0 heterocycles. The molecule has 1 aromatic rings. The van der Waals surface area contributed by atoms with Crippen LogP contribution in [0, 0.1) is 6.92 Å². The molecule has 0 bridgehead atoms. The fourth-order valence-corrected chi connectivity index (χ4v) is 2.75. The summed E-state index contributed by atoms with van der Waals surface area (Å²) in [6.45, 7) is 15.2. The van der Waals surface area contributed by atoms with Crippen LogP contribution in [-0.2, 0) is 15.6 Å². The molecule has 0 spiro atoms. The predicted molar refractivity (Wildman–Crippen MR) is 86.0 cm³/mol. The molecule has 1 rings (SSSR count). The Morgan fingerprint density at radius 1 is 1.05 bits per heavy atom. The van der Waals surface area contributed by atoms with Gasteiger partial charge < -0.3 is 15.6 Å². The lowest BCUT2D eigenvalue weighted by Gasteiger charge is -2.32. The smallest absolute Gasteiger partial charge is 0.308 e. The topological polar surface area (TPSA) is 72.5 Å². The van der Waals surface area contributed by atoms with E-state index in [1.807, 2.05) is 41.5 Å². The molecular weight excluding hydrogens is 266 g/mol. The van der Waals surface area contributed by atoms with Gasteiger partial charge in [-0.1, -0.05) is 41.5 Å². The molecule has 0 aromatic heterocycles. The Labute approximate surface area is 127 Å². The molecule has 4 heteroatoms. The number of phenolic OH excluding ortho intramolecular Hbond substituents is 1. The maximum absolute atomic E-state index is 11.6. The number of nitrogens with two attached hydrogens (primary N) is 1. The van der Waals surface area contributed by atoms with Gasteiger partial charge in [-0.15, -0.1) is 0 Å². The largest absolute Gasteiger partial charge is 0.505 e. The summed E-state index contributed by atoms with van der Waals surface area (Å²) in [5.41, 5.74) is 7.89. The Hall–Kier alpha value is -1.71. The minimum Gasteiger partial charge on any atom is -0.505 e. The van der Waals surface area contributed by atoms with E-state index in [0.717, 1.165) is 5.56 Å². The molecule has 0 amide bonds. The summed E-state index contributed by atoms with van der Waals surface area (Å²) in [5, 5.41) is 10.4. The Morgan fingerprint density at radius 3 is 1.81 bits per heavy atom. The zero-order chi connectivity index (χ0) is 16.7. The first-order valence-corrected chi connectivity index (χ1v) is 7.12. The van der Waals surface area contributed by atoms with Crippen LogP contribution in [0.25, 0.3) is 0 Å². The van der Waals surface area contributed by atoms with E-state index in [1.165, 1.54) is 6.92 Å².